The Bertz CT molecular complexity index is 903. The topological polar surface area (TPSA) is 77.0 Å². The molecule has 2 aliphatic rings. The van der Waals surface area contributed by atoms with Crippen LogP contribution in [0, 0.1) is 6.92 Å². The van der Waals surface area contributed by atoms with Crippen LogP contribution in [0.3, 0.4) is 0 Å². The van der Waals surface area contributed by atoms with Crippen LogP contribution in [0.4, 0.5) is 11.4 Å². The van der Waals surface area contributed by atoms with Gasteiger partial charge in [-0.15, -0.1) is 0 Å². The number of rotatable bonds is 3. The minimum atomic E-state index is -0.716. The molecule has 1 unspecified atom stereocenters. The summed E-state index contributed by atoms with van der Waals surface area (Å²) in [6.45, 7) is 5.13. The van der Waals surface area contributed by atoms with Crippen molar-refractivity contribution in [2.45, 2.75) is 19.4 Å². The lowest BCUT2D eigenvalue weighted by Gasteiger charge is -2.38. The summed E-state index contributed by atoms with van der Waals surface area (Å²) in [6, 6.07) is 17.1. The molecule has 0 bridgehead atoms. The van der Waals surface area contributed by atoms with Crippen LogP contribution in [0.5, 0.6) is 0 Å². The van der Waals surface area contributed by atoms with Crippen LogP contribution in [0.2, 0.25) is 0 Å². The molecule has 0 aliphatic carbocycles. The second-order valence-electron chi connectivity index (χ2n) is 7.39. The van der Waals surface area contributed by atoms with E-state index in [1.54, 1.807) is 0 Å². The highest BCUT2D eigenvalue weighted by Gasteiger charge is 2.30. The molecule has 0 aromatic heterocycles. The molecular weight excluding hydrogens is 366 g/mol. The number of nitrogens with zero attached hydrogens (tertiary/aromatic N) is 3. The Morgan fingerprint density at radius 3 is 2.34 bits per heavy atom. The molecule has 2 amide bonds. The molecule has 0 radical (unpaired) electrons. The summed E-state index contributed by atoms with van der Waals surface area (Å²) in [6.07, 6.45) is 0.0607. The van der Waals surface area contributed by atoms with Gasteiger partial charge in [0, 0.05) is 37.6 Å². The van der Waals surface area contributed by atoms with Crippen LogP contribution in [0.1, 0.15) is 12.0 Å². The van der Waals surface area contributed by atoms with Crippen LogP contribution < -0.4 is 15.5 Å². The number of hydrogen-bond acceptors (Lipinski definition) is 5. The predicted octanol–water partition coefficient (Wildman–Crippen LogP) is 2.00. The third-order valence-corrected chi connectivity index (χ3v) is 5.23. The molecule has 7 nitrogen and oxygen atoms in total. The summed E-state index contributed by atoms with van der Waals surface area (Å²) < 4.78 is 0. The Kier molecular flexibility index (Phi) is 5.46. The maximum absolute atomic E-state index is 12.6. The quantitative estimate of drug-likeness (QED) is 0.839. The third kappa shape index (κ3) is 4.56. The van der Waals surface area contributed by atoms with Crippen LogP contribution in [-0.4, -0.2) is 54.9 Å². The minimum Gasteiger partial charge on any atom is -0.368 e. The van der Waals surface area contributed by atoms with Gasteiger partial charge in [0.1, 0.15) is 6.04 Å². The number of aryl methyl sites for hydroxylation is 1. The van der Waals surface area contributed by atoms with Gasteiger partial charge in [-0.25, -0.2) is 4.99 Å². The van der Waals surface area contributed by atoms with Gasteiger partial charge in [-0.2, -0.15) is 0 Å². The molecule has 150 valence electrons. The van der Waals surface area contributed by atoms with Crippen LogP contribution in [0.15, 0.2) is 59.6 Å². The zero-order chi connectivity index (χ0) is 20.2. The number of aliphatic imine (C=N–C) groups is 1. The normalized spacial score (nSPS) is 19.4. The summed E-state index contributed by atoms with van der Waals surface area (Å²) in [4.78, 5) is 33.7. The molecule has 2 aromatic carbocycles. The first kappa shape index (κ1) is 19.0. The molecule has 1 atom stereocenters. The van der Waals surface area contributed by atoms with Crippen molar-refractivity contribution in [3.05, 3.63) is 60.2 Å². The second-order valence-corrected chi connectivity index (χ2v) is 7.39. The van der Waals surface area contributed by atoms with Gasteiger partial charge in [0.15, 0.2) is 0 Å². The molecular formula is C22H25N5O2. The average molecular weight is 391 g/mol. The zero-order valence-electron chi connectivity index (χ0n) is 16.5. The van der Waals surface area contributed by atoms with E-state index >= 15 is 0 Å². The number of para-hydroxylation sites is 1. The van der Waals surface area contributed by atoms with Gasteiger partial charge in [-0.1, -0.05) is 35.9 Å². The van der Waals surface area contributed by atoms with E-state index in [0.29, 0.717) is 11.6 Å². The molecule has 2 N–H and O–H groups in total. The smallest absolute Gasteiger partial charge is 0.249 e. The maximum Gasteiger partial charge on any atom is 0.249 e. The molecule has 2 aliphatic heterocycles. The van der Waals surface area contributed by atoms with E-state index in [4.69, 9.17) is 0 Å². The number of carbonyl (C=O) groups is 2. The Morgan fingerprint density at radius 1 is 1.00 bits per heavy atom. The third-order valence-electron chi connectivity index (χ3n) is 5.23. The lowest BCUT2D eigenvalue weighted by molar-refractivity contribution is -0.125. The first-order valence-electron chi connectivity index (χ1n) is 9.88. The number of piperazine rings is 1. The van der Waals surface area contributed by atoms with Crippen LogP contribution in [-0.2, 0) is 9.59 Å². The first-order chi connectivity index (χ1) is 14.1. The van der Waals surface area contributed by atoms with Crippen molar-refractivity contribution in [1.82, 2.24) is 10.2 Å². The van der Waals surface area contributed by atoms with Gasteiger partial charge in [-0.3, -0.25) is 14.9 Å². The van der Waals surface area contributed by atoms with E-state index in [2.05, 4.69) is 32.7 Å². The second kappa shape index (κ2) is 8.34. The molecule has 7 heteroatoms. The highest BCUT2D eigenvalue weighted by atomic mass is 16.2. The fourth-order valence-electron chi connectivity index (χ4n) is 3.57. The van der Waals surface area contributed by atoms with E-state index in [-0.39, 0.29) is 18.2 Å². The van der Waals surface area contributed by atoms with Crippen molar-refractivity contribution in [2.24, 2.45) is 4.99 Å². The number of guanidine groups is 1. The number of carbonyl (C=O) groups excluding carboxylic acids is 2. The lowest BCUT2D eigenvalue weighted by Crippen LogP contribution is -2.56. The van der Waals surface area contributed by atoms with Gasteiger partial charge in [-0.05, 0) is 31.2 Å². The van der Waals surface area contributed by atoms with Crippen molar-refractivity contribution < 1.29 is 9.59 Å². The summed E-state index contributed by atoms with van der Waals surface area (Å²) in [5.74, 6) is 0.0617. The van der Waals surface area contributed by atoms with E-state index in [1.165, 1.54) is 5.69 Å². The first-order valence-corrected chi connectivity index (χ1v) is 9.88. The van der Waals surface area contributed by atoms with E-state index in [0.717, 1.165) is 31.7 Å². The predicted molar refractivity (Wildman–Crippen MR) is 114 cm³/mol. The number of amides is 2. The highest BCUT2D eigenvalue weighted by Crippen LogP contribution is 2.17. The molecule has 29 heavy (non-hydrogen) atoms. The fourth-order valence-corrected chi connectivity index (χ4v) is 3.57. The van der Waals surface area contributed by atoms with Crippen molar-refractivity contribution in [2.75, 3.05) is 36.4 Å². The molecule has 1 fully saturated rings. The Hall–Kier alpha value is -3.35. The van der Waals surface area contributed by atoms with Gasteiger partial charge >= 0.3 is 0 Å². The van der Waals surface area contributed by atoms with Crippen molar-refractivity contribution in [3.8, 4) is 0 Å². The van der Waals surface area contributed by atoms with Gasteiger partial charge in [0.25, 0.3) is 0 Å². The van der Waals surface area contributed by atoms with E-state index < -0.39 is 6.04 Å². The maximum atomic E-state index is 12.6. The standard InChI is InChI=1S/C22H25N5O2/c1-16-7-9-17(10-8-16)23-21(29)19-15-20(28)25-22(24-19)27-13-11-26(12-14-27)18-5-3-2-4-6-18/h2-10,19H,11-15H2,1H3,(H,23,29)(H,24,25,28). The molecule has 1 saturated heterocycles. The summed E-state index contributed by atoms with van der Waals surface area (Å²) >= 11 is 0. The lowest BCUT2D eigenvalue weighted by atomic mass is 10.1. The van der Waals surface area contributed by atoms with Gasteiger partial charge < -0.3 is 15.1 Å². The zero-order valence-corrected chi connectivity index (χ0v) is 16.5. The Morgan fingerprint density at radius 2 is 1.66 bits per heavy atom. The molecule has 2 heterocycles. The fraction of sp³-hybridized carbons (Fsp3) is 0.318. The largest absolute Gasteiger partial charge is 0.368 e. The highest BCUT2D eigenvalue weighted by molar-refractivity contribution is 6.06. The summed E-state index contributed by atoms with van der Waals surface area (Å²) in [5, 5.41) is 5.69. The van der Waals surface area contributed by atoms with E-state index in [1.807, 2.05) is 54.3 Å². The summed E-state index contributed by atoms with van der Waals surface area (Å²) in [7, 11) is 0. The SMILES string of the molecule is Cc1ccc(NC(=O)C2CC(=O)NC(N3CCN(c4ccccc4)CC3)=N2)cc1. The van der Waals surface area contributed by atoms with Crippen LogP contribution >= 0.6 is 0 Å². The van der Waals surface area contributed by atoms with E-state index in [9.17, 15) is 9.59 Å². The Labute approximate surface area is 170 Å². The number of nitrogens with one attached hydrogen (secondary N) is 2. The molecule has 0 spiro atoms. The van der Waals surface area contributed by atoms with Gasteiger partial charge in [0.2, 0.25) is 17.8 Å². The van der Waals surface area contributed by atoms with Crippen molar-refractivity contribution in [1.29, 1.82) is 0 Å². The number of anilines is 2. The van der Waals surface area contributed by atoms with Gasteiger partial charge in [0.05, 0.1) is 6.42 Å². The number of benzene rings is 2. The monoisotopic (exact) mass is 391 g/mol. The van der Waals surface area contributed by atoms with Crippen molar-refractivity contribution >= 4 is 29.1 Å². The van der Waals surface area contributed by atoms with Crippen molar-refractivity contribution in [3.63, 3.8) is 0 Å². The number of hydrogen-bond donors (Lipinski definition) is 2. The molecule has 2 aromatic rings. The average Bonchev–Trinajstić information content (AvgIpc) is 2.75. The molecule has 0 saturated carbocycles. The Balaban J connectivity index is 1.40. The van der Waals surface area contributed by atoms with Crippen LogP contribution in [0.25, 0.3) is 0 Å². The molecule has 4 rings (SSSR count). The summed E-state index contributed by atoms with van der Waals surface area (Å²) in [5.41, 5.74) is 3.02. The minimum absolute atomic E-state index is 0.0607.